The van der Waals surface area contributed by atoms with Crippen molar-refractivity contribution in [2.45, 2.75) is 12.1 Å². The van der Waals surface area contributed by atoms with Gasteiger partial charge in [0.1, 0.15) is 5.82 Å². The molecule has 1 heterocycles. The summed E-state index contributed by atoms with van der Waals surface area (Å²) >= 11 is 1.37. The first-order valence-corrected chi connectivity index (χ1v) is 7.52. The number of thioether (sulfide) groups is 1. The lowest BCUT2D eigenvalue weighted by atomic mass is 10.2. The highest BCUT2D eigenvalue weighted by Crippen LogP contribution is 2.18. The van der Waals surface area contributed by atoms with Gasteiger partial charge < -0.3 is 14.8 Å². The van der Waals surface area contributed by atoms with Crippen LogP contribution < -0.4 is 10.2 Å². The molecule has 1 aromatic heterocycles. The number of rotatable bonds is 5. The van der Waals surface area contributed by atoms with Gasteiger partial charge in [-0.25, -0.2) is 0 Å². The highest BCUT2D eigenvalue weighted by molar-refractivity contribution is 7.99. The zero-order valence-electron chi connectivity index (χ0n) is 12.6. The smallest absolute Gasteiger partial charge is 0.234 e. The predicted molar refractivity (Wildman–Crippen MR) is 85.9 cm³/mol. The summed E-state index contributed by atoms with van der Waals surface area (Å²) in [6.45, 7) is 1.88. The molecule has 0 spiro atoms. The molecule has 7 heteroatoms. The zero-order chi connectivity index (χ0) is 15.4. The van der Waals surface area contributed by atoms with Crippen molar-refractivity contribution in [2.75, 3.05) is 30.1 Å². The first-order valence-electron chi connectivity index (χ1n) is 6.53. The Morgan fingerprint density at radius 2 is 1.95 bits per heavy atom. The molecule has 2 aromatic rings. The van der Waals surface area contributed by atoms with E-state index >= 15 is 0 Å². The third-order valence-corrected chi connectivity index (χ3v) is 4.07. The highest BCUT2D eigenvalue weighted by Gasteiger charge is 2.09. The third kappa shape index (κ3) is 3.98. The van der Waals surface area contributed by atoms with Crippen LogP contribution in [0.3, 0.4) is 0 Å². The number of anilines is 2. The number of hydrogen-bond acceptors (Lipinski definition) is 5. The lowest BCUT2D eigenvalue weighted by Crippen LogP contribution is -2.15. The van der Waals surface area contributed by atoms with Gasteiger partial charge >= 0.3 is 0 Å². The SMILES string of the molecule is Cc1nnc(SCC(=O)Nc2ccc(N(C)C)cc2)n1C. The number of benzene rings is 1. The number of hydrogen-bond donors (Lipinski definition) is 1. The van der Waals surface area contributed by atoms with Gasteiger partial charge in [-0.05, 0) is 31.2 Å². The Morgan fingerprint density at radius 3 is 2.48 bits per heavy atom. The van der Waals surface area contributed by atoms with Crippen molar-refractivity contribution >= 4 is 29.0 Å². The Kier molecular flexibility index (Phi) is 4.85. The Bertz CT molecular complexity index is 621. The molecule has 0 atom stereocenters. The van der Waals surface area contributed by atoms with E-state index in [9.17, 15) is 4.79 Å². The van der Waals surface area contributed by atoms with E-state index in [0.29, 0.717) is 5.75 Å². The standard InChI is InChI=1S/C14H19N5OS/c1-10-16-17-14(19(10)4)21-9-13(20)15-11-5-7-12(8-6-11)18(2)3/h5-8H,9H2,1-4H3,(H,15,20). The van der Waals surface area contributed by atoms with Gasteiger partial charge in [-0.2, -0.15) is 0 Å². The average molecular weight is 305 g/mol. The first kappa shape index (κ1) is 15.4. The van der Waals surface area contributed by atoms with Crippen LogP contribution >= 0.6 is 11.8 Å². The summed E-state index contributed by atoms with van der Waals surface area (Å²) in [4.78, 5) is 13.9. The monoisotopic (exact) mass is 305 g/mol. The predicted octanol–water partition coefficient (Wildman–Crippen LogP) is 1.92. The van der Waals surface area contributed by atoms with Crippen LogP contribution in [0.25, 0.3) is 0 Å². The van der Waals surface area contributed by atoms with Gasteiger partial charge in [0.25, 0.3) is 0 Å². The molecule has 0 radical (unpaired) electrons. The Morgan fingerprint density at radius 1 is 1.29 bits per heavy atom. The average Bonchev–Trinajstić information content (AvgIpc) is 2.77. The summed E-state index contributed by atoms with van der Waals surface area (Å²) in [5.41, 5.74) is 1.89. The fraction of sp³-hybridized carbons (Fsp3) is 0.357. The van der Waals surface area contributed by atoms with Crippen molar-refractivity contribution in [3.8, 4) is 0 Å². The summed E-state index contributed by atoms with van der Waals surface area (Å²) in [7, 11) is 5.84. The Balaban J connectivity index is 1.88. The number of nitrogens with one attached hydrogen (secondary N) is 1. The molecule has 0 aliphatic carbocycles. The van der Waals surface area contributed by atoms with E-state index in [4.69, 9.17) is 0 Å². The summed E-state index contributed by atoms with van der Waals surface area (Å²) in [5, 5.41) is 11.6. The zero-order valence-corrected chi connectivity index (χ0v) is 13.4. The highest BCUT2D eigenvalue weighted by atomic mass is 32.2. The van der Waals surface area contributed by atoms with Crippen molar-refractivity contribution in [3.05, 3.63) is 30.1 Å². The molecule has 1 N–H and O–H groups in total. The van der Waals surface area contributed by atoms with E-state index in [-0.39, 0.29) is 5.91 Å². The van der Waals surface area contributed by atoms with E-state index in [1.165, 1.54) is 11.8 Å². The summed E-state index contributed by atoms with van der Waals surface area (Å²) in [5.74, 6) is 1.08. The van der Waals surface area contributed by atoms with Crippen LogP contribution in [-0.2, 0) is 11.8 Å². The number of carbonyl (C=O) groups excluding carboxylic acids is 1. The summed E-state index contributed by atoms with van der Waals surface area (Å²) in [6.07, 6.45) is 0. The Hall–Kier alpha value is -2.02. The number of aryl methyl sites for hydroxylation is 1. The van der Waals surface area contributed by atoms with Gasteiger partial charge in [0.15, 0.2) is 5.16 Å². The molecule has 1 aromatic carbocycles. The minimum atomic E-state index is -0.0572. The second kappa shape index (κ2) is 6.62. The maximum Gasteiger partial charge on any atom is 0.234 e. The summed E-state index contributed by atoms with van der Waals surface area (Å²) < 4.78 is 1.86. The maximum absolute atomic E-state index is 11.9. The number of aromatic nitrogens is 3. The van der Waals surface area contributed by atoms with Crippen molar-refractivity contribution in [1.82, 2.24) is 14.8 Å². The van der Waals surface area contributed by atoms with E-state index in [1.54, 1.807) is 0 Å². The van der Waals surface area contributed by atoms with Crippen LogP contribution in [0.2, 0.25) is 0 Å². The molecule has 0 aliphatic rings. The van der Waals surface area contributed by atoms with Crippen molar-refractivity contribution in [1.29, 1.82) is 0 Å². The first-order chi connectivity index (χ1) is 9.97. The van der Waals surface area contributed by atoms with Crippen LogP contribution in [0.5, 0.6) is 0 Å². The molecule has 0 fully saturated rings. The van der Waals surface area contributed by atoms with E-state index in [1.807, 2.05) is 61.8 Å². The van der Waals surface area contributed by atoms with Gasteiger partial charge in [0.05, 0.1) is 5.75 Å². The van der Waals surface area contributed by atoms with Gasteiger partial charge in [-0.3, -0.25) is 4.79 Å². The van der Waals surface area contributed by atoms with Crippen LogP contribution in [0.15, 0.2) is 29.4 Å². The molecule has 0 saturated carbocycles. The summed E-state index contributed by atoms with van der Waals surface area (Å²) in [6, 6.07) is 7.72. The van der Waals surface area contributed by atoms with Crippen LogP contribution in [-0.4, -0.2) is 40.5 Å². The van der Waals surface area contributed by atoms with Crippen molar-refractivity contribution in [3.63, 3.8) is 0 Å². The van der Waals surface area contributed by atoms with E-state index in [0.717, 1.165) is 22.4 Å². The molecule has 6 nitrogen and oxygen atoms in total. The molecule has 0 saturated heterocycles. The lowest BCUT2D eigenvalue weighted by molar-refractivity contribution is -0.113. The van der Waals surface area contributed by atoms with E-state index in [2.05, 4.69) is 15.5 Å². The van der Waals surface area contributed by atoms with Gasteiger partial charge in [0, 0.05) is 32.5 Å². The molecule has 112 valence electrons. The number of amides is 1. The number of nitrogens with zero attached hydrogens (tertiary/aromatic N) is 4. The maximum atomic E-state index is 11.9. The van der Waals surface area contributed by atoms with Gasteiger partial charge in [-0.1, -0.05) is 11.8 Å². The normalized spacial score (nSPS) is 10.5. The largest absolute Gasteiger partial charge is 0.378 e. The minimum absolute atomic E-state index is 0.0572. The quantitative estimate of drug-likeness (QED) is 0.855. The van der Waals surface area contributed by atoms with Crippen LogP contribution in [0, 0.1) is 6.92 Å². The van der Waals surface area contributed by atoms with Gasteiger partial charge in [0.2, 0.25) is 5.91 Å². The van der Waals surface area contributed by atoms with Crippen molar-refractivity contribution < 1.29 is 4.79 Å². The van der Waals surface area contributed by atoms with Crippen LogP contribution in [0.4, 0.5) is 11.4 Å². The molecule has 0 unspecified atom stereocenters. The Labute approximate surface area is 128 Å². The molecule has 2 rings (SSSR count). The second-order valence-corrected chi connectivity index (χ2v) is 5.81. The van der Waals surface area contributed by atoms with E-state index < -0.39 is 0 Å². The fourth-order valence-corrected chi connectivity index (χ4v) is 2.44. The second-order valence-electron chi connectivity index (χ2n) is 4.87. The molecule has 1 amide bonds. The molecular weight excluding hydrogens is 286 g/mol. The topological polar surface area (TPSA) is 63.1 Å². The fourth-order valence-electron chi connectivity index (χ4n) is 1.68. The number of carbonyl (C=O) groups is 1. The third-order valence-electron chi connectivity index (χ3n) is 3.05. The van der Waals surface area contributed by atoms with Crippen LogP contribution in [0.1, 0.15) is 5.82 Å². The molecular formula is C14H19N5OS. The minimum Gasteiger partial charge on any atom is -0.378 e. The molecule has 0 aliphatic heterocycles. The molecule has 21 heavy (non-hydrogen) atoms. The lowest BCUT2D eigenvalue weighted by Gasteiger charge is -2.13. The van der Waals surface area contributed by atoms with Crippen molar-refractivity contribution in [2.24, 2.45) is 7.05 Å². The molecule has 0 bridgehead atoms. The van der Waals surface area contributed by atoms with Gasteiger partial charge in [-0.15, -0.1) is 10.2 Å².